The number of hydrogen-bond donors (Lipinski definition) is 1. The van der Waals surface area contributed by atoms with Crippen LogP contribution >= 0.6 is 0 Å². The van der Waals surface area contributed by atoms with Gasteiger partial charge in [-0.05, 0) is 43.9 Å². The van der Waals surface area contributed by atoms with E-state index < -0.39 is 0 Å². The predicted molar refractivity (Wildman–Crippen MR) is 96.0 cm³/mol. The van der Waals surface area contributed by atoms with Crippen LogP contribution in [0, 0.1) is 5.92 Å². The molecule has 0 atom stereocenters. The van der Waals surface area contributed by atoms with Crippen molar-refractivity contribution in [2.75, 3.05) is 6.79 Å². The molecule has 4 heteroatoms. The summed E-state index contributed by atoms with van der Waals surface area (Å²) in [6, 6.07) is 6.00. The van der Waals surface area contributed by atoms with Crippen molar-refractivity contribution in [3.8, 4) is 11.5 Å². The van der Waals surface area contributed by atoms with E-state index in [1.165, 1.54) is 24.8 Å². The van der Waals surface area contributed by atoms with Gasteiger partial charge in [-0.2, -0.15) is 0 Å². The lowest BCUT2D eigenvalue weighted by molar-refractivity contribution is -0.122. The van der Waals surface area contributed by atoms with E-state index in [4.69, 9.17) is 15.2 Å². The Kier molecular flexibility index (Phi) is 6.91. The minimum absolute atomic E-state index is 0.102. The highest BCUT2D eigenvalue weighted by Gasteiger charge is 2.17. The highest BCUT2D eigenvalue weighted by atomic mass is 16.7. The Balaban J connectivity index is 0.000000198. The van der Waals surface area contributed by atoms with E-state index in [1.807, 2.05) is 37.3 Å². The lowest BCUT2D eigenvalue weighted by Crippen LogP contribution is -2.24. The molecule has 3 rings (SSSR count). The Hall–Kier alpha value is -2.23. The Morgan fingerprint density at radius 1 is 1.25 bits per heavy atom. The Morgan fingerprint density at radius 3 is 2.58 bits per heavy atom. The van der Waals surface area contributed by atoms with Crippen LogP contribution in [0.2, 0.25) is 0 Å². The van der Waals surface area contributed by atoms with E-state index in [0.29, 0.717) is 6.79 Å². The van der Waals surface area contributed by atoms with Crippen molar-refractivity contribution in [2.45, 2.75) is 45.4 Å². The second-order valence-corrected chi connectivity index (χ2v) is 6.26. The van der Waals surface area contributed by atoms with Crippen LogP contribution in [0.1, 0.15) is 44.6 Å². The van der Waals surface area contributed by atoms with Crippen molar-refractivity contribution in [3.05, 3.63) is 48.1 Å². The van der Waals surface area contributed by atoms with Gasteiger partial charge in [0, 0.05) is 5.92 Å². The number of amides is 1. The number of nitrogens with two attached hydrogens (primary N) is 1. The minimum atomic E-state index is -0.102. The topological polar surface area (TPSA) is 61.6 Å². The smallest absolute Gasteiger partial charge is 0.231 e. The molecule has 1 aromatic rings. The highest BCUT2D eigenvalue weighted by Crippen LogP contribution is 2.33. The van der Waals surface area contributed by atoms with Gasteiger partial charge in [0.25, 0.3) is 0 Å². The van der Waals surface area contributed by atoms with Crippen molar-refractivity contribution in [2.24, 2.45) is 11.7 Å². The molecule has 1 saturated carbocycles. The molecule has 0 saturated heterocycles. The molecule has 1 fully saturated rings. The van der Waals surface area contributed by atoms with Gasteiger partial charge in [-0.1, -0.05) is 49.6 Å². The molecule has 1 aliphatic carbocycles. The van der Waals surface area contributed by atoms with E-state index in [0.717, 1.165) is 36.3 Å². The summed E-state index contributed by atoms with van der Waals surface area (Å²) in [5, 5.41) is 0. The van der Waals surface area contributed by atoms with Crippen molar-refractivity contribution >= 4 is 5.91 Å². The molecule has 0 spiro atoms. The number of primary amides is 1. The molecule has 4 nitrogen and oxygen atoms in total. The number of fused-ring (bicyclic) bond motifs is 1. The lowest BCUT2D eigenvalue weighted by atomic mass is 9.89. The summed E-state index contributed by atoms with van der Waals surface area (Å²) < 4.78 is 10.6. The van der Waals surface area contributed by atoms with Gasteiger partial charge in [0.15, 0.2) is 11.5 Å². The van der Waals surface area contributed by atoms with Gasteiger partial charge in [-0.25, -0.2) is 0 Å². The van der Waals surface area contributed by atoms with Crippen LogP contribution < -0.4 is 15.2 Å². The number of rotatable bonds is 4. The predicted octanol–water partition coefficient (Wildman–Crippen LogP) is 4.14. The van der Waals surface area contributed by atoms with Gasteiger partial charge in [-0.15, -0.1) is 0 Å². The largest absolute Gasteiger partial charge is 0.454 e. The molecule has 1 aliphatic heterocycles. The average molecular weight is 329 g/mol. The van der Waals surface area contributed by atoms with Crippen LogP contribution in [-0.2, 0) is 11.2 Å². The molecule has 24 heavy (non-hydrogen) atoms. The fourth-order valence-electron chi connectivity index (χ4n) is 2.99. The molecule has 0 unspecified atom stereocenters. The molecule has 1 amide bonds. The van der Waals surface area contributed by atoms with Crippen LogP contribution in [0.5, 0.6) is 11.5 Å². The Morgan fingerprint density at radius 2 is 1.96 bits per heavy atom. The third kappa shape index (κ3) is 5.44. The summed E-state index contributed by atoms with van der Waals surface area (Å²) in [6.45, 7) is 6.29. The number of allylic oxidation sites excluding steroid dienone is 3. The summed E-state index contributed by atoms with van der Waals surface area (Å²) in [7, 11) is 0. The number of carbonyl (C=O) groups excluding carboxylic acids is 1. The molecule has 1 heterocycles. The number of benzene rings is 1. The van der Waals surface area contributed by atoms with Gasteiger partial charge in [0.05, 0.1) is 0 Å². The summed E-state index contributed by atoms with van der Waals surface area (Å²) in [4.78, 5) is 10.6. The molecular formula is C20H27NO3. The van der Waals surface area contributed by atoms with Gasteiger partial charge in [0.2, 0.25) is 12.7 Å². The quantitative estimate of drug-likeness (QED) is 0.844. The van der Waals surface area contributed by atoms with Gasteiger partial charge < -0.3 is 15.2 Å². The Labute approximate surface area is 144 Å². The first-order valence-electron chi connectivity index (χ1n) is 8.58. The molecule has 0 aromatic heterocycles. The summed E-state index contributed by atoms with van der Waals surface area (Å²) >= 11 is 0. The van der Waals surface area contributed by atoms with E-state index in [1.54, 1.807) is 0 Å². The maximum absolute atomic E-state index is 10.6. The first kappa shape index (κ1) is 18.1. The van der Waals surface area contributed by atoms with Gasteiger partial charge in [-0.3, -0.25) is 4.79 Å². The summed E-state index contributed by atoms with van der Waals surface area (Å²) in [6.07, 6.45) is 10.6. The first-order valence-corrected chi connectivity index (χ1v) is 8.58. The van der Waals surface area contributed by atoms with Crippen LogP contribution in [0.4, 0.5) is 0 Å². The van der Waals surface area contributed by atoms with Crippen LogP contribution in [0.25, 0.3) is 0 Å². The number of ether oxygens (including phenoxy) is 2. The van der Waals surface area contributed by atoms with Crippen LogP contribution in [0.15, 0.2) is 42.5 Å². The summed E-state index contributed by atoms with van der Waals surface area (Å²) in [5.41, 5.74) is 7.42. The molecule has 130 valence electrons. The van der Waals surface area contributed by atoms with E-state index in [9.17, 15) is 4.79 Å². The van der Waals surface area contributed by atoms with Crippen molar-refractivity contribution in [1.82, 2.24) is 0 Å². The SMILES string of the molecule is C=C(C=CC)Cc1ccc2c(c1)OCO2.NC(=O)C1CCCCC1. The minimum Gasteiger partial charge on any atom is -0.454 e. The van der Waals surface area contributed by atoms with Gasteiger partial charge in [0.1, 0.15) is 0 Å². The van der Waals surface area contributed by atoms with E-state index >= 15 is 0 Å². The van der Waals surface area contributed by atoms with Crippen LogP contribution in [0.3, 0.4) is 0 Å². The molecular weight excluding hydrogens is 302 g/mol. The number of carbonyl (C=O) groups is 1. The first-order chi connectivity index (χ1) is 11.6. The molecule has 0 bridgehead atoms. The van der Waals surface area contributed by atoms with Crippen molar-refractivity contribution in [1.29, 1.82) is 0 Å². The van der Waals surface area contributed by atoms with Gasteiger partial charge >= 0.3 is 0 Å². The second-order valence-electron chi connectivity index (χ2n) is 6.26. The molecule has 2 N–H and O–H groups in total. The van der Waals surface area contributed by atoms with Crippen molar-refractivity contribution < 1.29 is 14.3 Å². The zero-order valence-corrected chi connectivity index (χ0v) is 14.4. The molecule has 0 radical (unpaired) electrons. The zero-order valence-electron chi connectivity index (χ0n) is 14.4. The lowest BCUT2D eigenvalue weighted by Gasteiger charge is -2.17. The fraction of sp³-hybridized carbons (Fsp3) is 0.450. The average Bonchev–Trinajstić information content (AvgIpc) is 3.04. The highest BCUT2D eigenvalue weighted by molar-refractivity contribution is 5.76. The Bertz CT molecular complexity index is 601. The second kappa shape index (κ2) is 9.16. The van der Waals surface area contributed by atoms with E-state index in [2.05, 4.69) is 6.58 Å². The van der Waals surface area contributed by atoms with E-state index in [-0.39, 0.29) is 11.8 Å². The fourth-order valence-corrected chi connectivity index (χ4v) is 2.99. The maximum Gasteiger partial charge on any atom is 0.231 e. The summed E-state index contributed by atoms with van der Waals surface area (Å²) in [5.74, 6) is 1.75. The molecule has 2 aliphatic rings. The molecule has 1 aromatic carbocycles. The zero-order chi connectivity index (χ0) is 17.4. The maximum atomic E-state index is 10.6. The normalized spacial score (nSPS) is 16.5. The number of hydrogen-bond acceptors (Lipinski definition) is 3. The third-order valence-electron chi connectivity index (χ3n) is 4.28. The standard InChI is InChI=1S/C13H14O2.C7H13NO/c1-3-4-10(2)7-11-5-6-12-13(8-11)15-9-14-12;8-7(9)6-4-2-1-3-5-6/h3-6,8H,2,7,9H2,1H3;6H,1-5H2,(H2,8,9). The third-order valence-corrected chi connectivity index (χ3v) is 4.28. The van der Waals surface area contributed by atoms with Crippen molar-refractivity contribution in [3.63, 3.8) is 0 Å². The van der Waals surface area contributed by atoms with Crippen LogP contribution in [-0.4, -0.2) is 12.7 Å². The monoisotopic (exact) mass is 329 g/mol.